The summed E-state index contributed by atoms with van der Waals surface area (Å²) < 4.78 is 1.19. The molecule has 3 rings (SSSR count). The van der Waals surface area contributed by atoms with Crippen molar-refractivity contribution in [1.82, 2.24) is 0 Å². The first-order valence-electron chi connectivity index (χ1n) is 9.64. The summed E-state index contributed by atoms with van der Waals surface area (Å²) in [5.41, 5.74) is 5.38. The average Bonchev–Trinajstić information content (AvgIpc) is 2.69. The summed E-state index contributed by atoms with van der Waals surface area (Å²) in [5, 5.41) is 3.56. The molecule has 0 aliphatic rings. The van der Waals surface area contributed by atoms with Crippen LogP contribution in [0.2, 0.25) is 0 Å². The monoisotopic (exact) mass is 483 g/mol. The minimum atomic E-state index is -0.0740. The van der Waals surface area contributed by atoms with Gasteiger partial charge in [-0.25, -0.2) is 0 Å². The molecular weight excluding hydrogens is 457 g/mol. The van der Waals surface area contributed by atoms with Crippen LogP contribution in [0.15, 0.2) is 72.8 Å². The molecule has 3 aromatic rings. The number of carbonyl (C=O) groups excluding carboxylic acids is 1. The summed E-state index contributed by atoms with van der Waals surface area (Å²) in [5.74, 6) is 0.641. The highest BCUT2D eigenvalue weighted by atomic mass is 127. The maximum atomic E-state index is 12.9. The minimum absolute atomic E-state index is 0.0740. The number of nitrogens with one attached hydrogen (secondary N) is 1. The SMILES string of the molecule is Cc1ccc(C(=O)C[C@@H](Nc2ccc(I)cc2)c2ccc(C(C)C)cc2)cc1. The van der Waals surface area contributed by atoms with Crippen molar-refractivity contribution in [2.45, 2.75) is 39.2 Å². The molecule has 0 aliphatic heterocycles. The van der Waals surface area contributed by atoms with Crippen molar-refractivity contribution in [3.05, 3.63) is 98.6 Å². The Bertz CT molecular complexity index is 912. The maximum absolute atomic E-state index is 12.9. The first-order chi connectivity index (χ1) is 13.4. The van der Waals surface area contributed by atoms with Crippen LogP contribution in [-0.4, -0.2) is 5.78 Å². The Morgan fingerprint density at radius 1 is 0.857 bits per heavy atom. The Morgan fingerprint density at radius 2 is 1.43 bits per heavy atom. The normalized spacial score (nSPS) is 12.0. The summed E-state index contributed by atoms with van der Waals surface area (Å²) in [6.07, 6.45) is 0.413. The Labute approximate surface area is 181 Å². The van der Waals surface area contributed by atoms with Crippen molar-refractivity contribution in [2.75, 3.05) is 5.32 Å². The summed E-state index contributed by atoms with van der Waals surface area (Å²) >= 11 is 2.30. The van der Waals surface area contributed by atoms with Gasteiger partial charge in [-0.05, 0) is 70.8 Å². The molecule has 0 saturated carbocycles. The molecule has 2 nitrogen and oxygen atoms in total. The van der Waals surface area contributed by atoms with Gasteiger partial charge in [-0.15, -0.1) is 0 Å². The van der Waals surface area contributed by atoms with Gasteiger partial charge in [-0.2, -0.15) is 0 Å². The third kappa shape index (κ3) is 5.44. The van der Waals surface area contributed by atoms with E-state index in [2.05, 4.69) is 90.3 Å². The third-order valence-electron chi connectivity index (χ3n) is 4.95. The zero-order chi connectivity index (χ0) is 20.1. The number of anilines is 1. The van der Waals surface area contributed by atoms with Gasteiger partial charge in [0.25, 0.3) is 0 Å². The van der Waals surface area contributed by atoms with E-state index in [0.29, 0.717) is 12.3 Å². The summed E-state index contributed by atoms with van der Waals surface area (Å²) in [4.78, 5) is 12.9. The highest BCUT2D eigenvalue weighted by molar-refractivity contribution is 14.1. The van der Waals surface area contributed by atoms with Crippen LogP contribution in [0.25, 0.3) is 0 Å². The number of benzene rings is 3. The van der Waals surface area contributed by atoms with Crippen molar-refractivity contribution >= 4 is 34.1 Å². The van der Waals surface area contributed by atoms with Gasteiger partial charge in [0.15, 0.2) is 5.78 Å². The summed E-state index contributed by atoms with van der Waals surface area (Å²) in [6.45, 7) is 6.42. The van der Waals surface area contributed by atoms with E-state index in [1.807, 2.05) is 31.2 Å². The first kappa shape index (κ1) is 20.6. The second-order valence-electron chi connectivity index (χ2n) is 7.52. The summed E-state index contributed by atoms with van der Waals surface area (Å²) in [7, 11) is 0. The molecule has 0 bridgehead atoms. The molecule has 144 valence electrons. The molecule has 0 saturated heterocycles. The number of Topliss-reactive ketones (excluding diaryl/α,β-unsaturated/α-hetero) is 1. The lowest BCUT2D eigenvalue weighted by Gasteiger charge is -2.21. The van der Waals surface area contributed by atoms with E-state index in [1.54, 1.807) is 0 Å². The molecule has 0 spiro atoms. The average molecular weight is 483 g/mol. The summed E-state index contributed by atoms with van der Waals surface area (Å²) in [6, 6.07) is 24.6. The largest absolute Gasteiger partial charge is 0.378 e. The fourth-order valence-electron chi connectivity index (χ4n) is 3.16. The Hall–Kier alpha value is -2.14. The van der Waals surface area contributed by atoms with Gasteiger partial charge >= 0.3 is 0 Å². The molecule has 3 aromatic carbocycles. The van der Waals surface area contributed by atoms with Crippen molar-refractivity contribution in [2.24, 2.45) is 0 Å². The number of hydrogen-bond acceptors (Lipinski definition) is 2. The van der Waals surface area contributed by atoms with E-state index in [9.17, 15) is 4.79 Å². The fraction of sp³-hybridized carbons (Fsp3) is 0.240. The number of aryl methyl sites for hydroxylation is 1. The van der Waals surface area contributed by atoms with Crippen molar-refractivity contribution in [3.8, 4) is 0 Å². The van der Waals surface area contributed by atoms with Crippen LogP contribution >= 0.6 is 22.6 Å². The lowest BCUT2D eigenvalue weighted by Crippen LogP contribution is -2.16. The van der Waals surface area contributed by atoms with Crippen LogP contribution in [0.4, 0.5) is 5.69 Å². The lowest BCUT2D eigenvalue weighted by molar-refractivity contribution is 0.0976. The third-order valence-corrected chi connectivity index (χ3v) is 5.67. The van der Waals surface area contributed by atoms with E-state index >= 15 is 0 Å². The second-order valence-corrected chi connectivity index (χ2v) is 8.76. The number of hydrogen-bond donors (Lipinski definition) is 1. The van der Waals surface area contributed by atoms with Crippen LogP contribution in [0.1, 0.15) is 59.3 Å². The van der Waals surface area contributed by atoms with E-state index in [0.717, 1.165) is 22.4 Å². The van der Waals surface area contributed by atoms with Gasteiger partial charge in [-0.3, -0.25) is 4.79 Å². The molecule has 0 heterocycles. The molecule has 0 amide bonds. The molecule has 1 atom stereocenters. The molecule has 0 unspecified atom stereocenters. The van der Waals surface area contributed by atoms with E-state index < -0.39 is 0 Å². The zero-order valence-corrected chi connectivity index (χ0v) is 18.7. The van der Waals surface area contributed by atoms with E-state index in [-0.39, 0.29) is 11.8 Å². The zero-order valence-electron chi connectivity index (χ0n) is 16.6. The molecule has 1 N–H and O–H groups in total. The highest BCUT2D eigenvalue weighted by Crippen LogP contribution is 2.27. The smallest absolute Gasteiger partial charge is 0.165 e. The molecule has 0 aromatic heterocycles. The standard InChI is InChI=1S/C25H26INO/c1-17(2)19-8-10-20(11-9-19)24(27-23-14-12-22(26)13-15-23)16-25(28)21-6-4-18(3)5-7-21/h4-15,17,24,27H,16H2,1-3H3/t24-/m1/s1. The molecular formula is C25H26INO. The number of rotatable bonds is 7. The first-order valence-corrected chi connectivity index (χ1v) is 10.7. The van der Waals surface area contributed by atoms with Crippen molar-refractivity contribution in [1.29, 1.82) is 0 Å². The Balaban J connectivity index is 1.85. The number of carbonyl (C=O) groups is 1. The molecule has 0 fully saturated rings. The lowest BCUT2D eigenvalue weighted by atomic mass is 9.94. The predicted molar refractivity (Wildman–Crippen MR) is 126 cm³/mol. The molecule has 0 aliphatic carbocycles. The van der Waals surface area contributed by atoms with E-state index in [1.165, 1.54) is 9.13 Å². The van der Waals surface area contributed by atoms with Crippen LogP contribution in [0.5, 0.6) is 0 Å². The number of halogens is 1. The fourth-order valence-corrected chi connectivity index (χ4v) is 3.52. The van der Waals surface area contributed by atoms with Crippen molar-refractivity contribution in [3.63, 3.8) is 0 Å². The molecule has 28 heavy (non-hydrogen) atoms. The van der Waals surface area contributed by atoms with Crippen LogP contribution in [-0.2, 0) is 0 Å². The Kier molecular flexibility index (Phi) is 6.89. The van der Waals surface area contributed by atoms with Crippen molar-refractivity contribution < 1.29 is 4.79 Å². The van der Waals surface area contributed by atoms with Gasteiger partial charge < -0.3 is 5.32 Å². The van der Waals surface area contributed by atoms with Crippen LogP contribution < -0.4 is 5.32 Å². The van der Waals surface area contributed by atoms with Gasteiger partial charge in [0.2, 0.25) is 0 Å². The number of ketones is 1. The highest BCUT2D eigenvalue weighted by Gasteiger charge is 2.18. The van der Waals surface area contributed by atoms with Gasteiger partial charge in [0.1, 0.15) is 0 Å². The Morgan fingerprint density at radius 3 is 2.00 bits per heavy atom. The van der Waals surface area contributed by atoms with Crippen LogP contribution in [0, 0.1) is 10.5 Å². The topological polar surface area (TPSA) is 29.1 Å². The second kappa shape index (κ2) is 9.37. The van der Waals surface area contributed by atoms with Crippen LogP contribution in [0.3, 0.4) is 0 Å². The predicted octanol–water partition coefficient (Wildman–Crippen LogP) is 7.15. The molecule has 3 heteroatoms. The molecule has 0 radical (unpaired) electrons. The maximum Gasteiger partial charge on any atom is 0.165 e. The van der Waals surface area contributed by atoms with Gasteiger partial charge in [-0.1, -0.05) is 67.9 Å². The van der Waals surface area contributed by atoms with E-state index in [4.69, 9.17) is 0 Å². The minimum Gasteiger partial charge on any atom is -0.378 e. The van der Waals surface area contributed by atoms with Gasteiger partial charge in [0, 0.05) is 21.2 Å². The quantitative estimate of drug-likeness (QED) is 0.286. The van der Waals surface area contributed by atoms with Gasteiger partial charge in [0.05, 0.1) is 6.04 Å².